The smallest absolute Gasteiger partial charge is 0.214 e. The lowest BCUT2D eigenvalue weighted by Gasteiger charge is -2.21. The molecule has 1 fully saturated rings. The summed E-state index contributed by atoms with van der Waals surface area (Å²) in [5, 5.41) is -0.477. The number of hydrogen-bond acceptors (Lipinski definition) is 4. The molecule has 0 spiro atoms. The molecule has 3 rings (SSSR count). The van der Waals surface area contributed by atoms with Gasteiger partial charge in [0.2, 0.25) is 10.0 Å². The van der Waals surface area contributed by atoms with Crippen LogP contribution in [0.3, 0.4) is 0 Å². The molecule has 1 aliphatic rings. The van der Waals surface area contributed by atoms with Gasteiger partial charge in [0.15, 0.2) is 5.78 Å². The minimum atomic E-state index is -3.35. The van der Waals surface area contributed by atoms with Gasteiger partial charge in [0, 0.05) is 11.5 Å². The van der Waals surface area contributed by atoms with E-state index in [4.69, 9.17) is 4.74 Å². The number of carbonyl (C=O) groups excluding carboxylic acids is 1. The SMILES string of the molecule is CC(=O)c1cccc(-c2ccc([C@H]3COC[C@H]3NS(=O)(=O)C(C)C)cc2)c1. The van der Waals surface area contributed by atoms with Crippen molar-refractivity contribution in [2.75, 3.05) is 13.2 Å². The third-order valence-electron chi connectivity index (χ3n) is 4.96. The Bertz CT molecular complexity index is 919. The van der Waals surface area contributed by atoms with Crippen LogP contribution in [0.15, 0.2) is 48.5 Å². The molecule has 5 nitrogen and oxygen atoms in total. The van der Waals surface area contributed by atoms with Crippen molar-refractivity contribution in [3.8, 4) is 11.1 Å². The van der Waals surface area contributed by atoms with Crippen molar-refractivity contribution in [1.82, 2.24) is 4.72 Å². The molecule has 1 aliphatic heterocycles. The lowest BCUT2D eigenvalue weighted by molar-refractivity contribution is 0.101. The first-order valence-corrected chi connectivity index (χ1v) is 10.6. The molecule has 1 heterocycles. The highest BCUT2D eigenvalue weighted by atomic mass is 32.2. The number of sulfonamides is 1. The summed E-state index contributed by atoms with van der Waals surface area (Å²) in [6.45, 7) is 5.75. The molecule has 0 aliphatic carbocycles. The third kappa shape index (κ3) is 4.46. The monoisotopic (exact) mass is 387 g/mol. The summed E-state index contributed by atoms with van der Waals surface area (Å²) in [6.07, 6.45) is 0. The van der Waals surface area contributed by atoms with Gasteiger partial charge in [-0.3, -0.25) is 4.79 Å². The molecular formula is C21H25NO4S. The van der Waals surface area contributed by atoms with E-state index in [1.807, 2.05) is 48.5 Å². The molecule has 6 heteroatoms. The largest absolute Gasteiger partial charge is 0.379 e. The summed E-state index contributed by atoms with van der Waals surface area (Å²) < 4.78 is 32.7. The summed E-state index contributed by atoms with van der Waals surface area (Å²) in [5.74, 6) is 0.0213. The van der Waals surface area contributed by atoms with Crippen molar-refractivity contribution in [3.05, 3.63) is 59.7 Å². The molecule has 0 amide bonds. The van der Waals surface area contributed by atoms with E-state index in [-0.39, 0.29) is 17.7 Å². The van der Waals surface area contributed by atoms with Gasteiger partial charge in [-0.1, -0.05) is 42.5 Å². The van der Waals surface area contributed by atoms with Gasteiger partial charge in [-0.15, -0.1) is 0 Å². The lowest BCUT2D eigenvalue weighted by Crippen LogP contribution is -2.42. The first-order chi connectivity index (χ1) is 12.8. The molecule has 1 saturated heterocycles. The number of ether oxygens (including phenoxy) is 1. The summed E-state index contributed by atoms with van der Waals surface area (Å²) in [4.78, 5) is 11.6. The van der Waals surface area contributed by atoms with Crippen LogP contribution in [0.1, 0.15) is 42.6 Å². The molecule has 0 bridgehead atoms. The van der Waals surface area contributed by atoms with Crippen LogP contribution in [0.4, 0.5) is 0 Å². The molecular weight excluding hydrogens is 362 g/mol. The zero-order valence-electron chi connectivity index (χ0n) is 15.8. The predicted molar refractivity (Wildman–Crippen MR) is 106 cm³/mol. The Hall–Kier alpha value is -2.02. The zero-order chi connectivity index (χ0) is 19.6. The Morgan fingerprint density at radius 2 is 1.78 bits per heavy atom. The van der Waals surface area contributed by atoms with E-state index in [1.165, 1.54) is 0 Å². The van der Waals surface area contributed by atoms with Gasteiger partial charge in [0.05, 0.1) is 24.5 Å². The predicted octanol–water partition coefficient (Wildman–Crippen LogP) is 3.37. The number of Topliss-reactive ketones (excluding diaryl/α,β-unsaturated/α-hetero) is 1. The van der Waals surface area contributed by atoms with Crippen molar-refractivity contribution in [3.63, 3.8) is 0 Å². The number of rotatable bonds is 6. The van der Waals surface area contributed by atoms with E-state index in [0.29, 0.717) is 18.8 Å². The standard InChI is InChI=1S/C21H25NO4S/c1-14(2)27(24,25)22-21-13-26-12-20(21)17-9-7-16(8-10-17)19-6-4-5-18(11-19)15(3)23/h4-11,14,20-22H,12-13H2,1-3H3/t20-,21-/m1/s1. The Morgan fingerprint density at radius 1 is 1.07 bits per heavy atom. The van der Waals surface area contributed by atoms with Crippen LogP contribution in [0, 0.1) is 0 Å². The van der Waals surface area contributed by atoms with Crippen molar-refractivity contribution < 1.29 is 17.9 Å². The van der Waals surface area contributed by atoms with Crippen molar-refractivity contribution in [1.29, 1.82) is 0 Å². The Morgan fingerprint density at radius 3 is 2.41 bits per heavy atom. The first-order valence-electron chi connectivity index (χ1n) is 9.08. The maximum absolute atomic E-state index is 12.2. The Kier molecular flexibility index (Phi) is 5.79. The average Bonchev–Trinajstić information content (AvgIpc) is 3.09. The van der Waals surface area contributed by atoms with E-state index < -0.39 is 15.3 Å². The highest BCUT2D eigenvalue weighted by molar-refractivity contribution is 7.90. The number of benzene rings is 2. The second-order valence-electron chi connectivity index (χ2n) is 7.22. The second kappa shape index (κ2) is 7.92. The molecule has 2 aromatic rings. The van der Waals surface area contributed by atoms with Crippen molar-refractivity contribution in [2.45, 2.75) is 38.0 Å². The molecule has 2 atom stereocenters. The minimum Gasteiger partial charge on any atom is -0.379 e. The van der Waals surface area contributed by atoms with Gasteiger partial charge in [-0.05, 0) is 43.5 Å². The van der Waals surface area contributed by atoms with Gasteiger partial charge < -0.3 is 4.74 Å². The fourth-order valence-corrected chi connectivity index (χ4v) is 4.11. The van der Waals surface area contributed by atoms with Gasteiger partial charge in [0.1, 0.15) is 0 Å². The van der Waals surface area contributed by atoms with Gasteiger partial charge >= 0.3 is 0 Å². The normalized spacial score (nSPS) is 20.1. The minimum absolute atomic E-state index is 0.0175. The fourth-order valence-electron chi connectivity index (χ4n) is 3.19. The molecule has 0 saturated carbocycles. The van der Waals surface area contributed by atoms with Crippen molar-refractivity contribution in [2.24, 2.45) is 0 Å². The van der Waals surface area contributed by atoms with E-state index >= 15 is 0 Å². The Balaban J connectivity index is 1.80. The summed E-state index contributed by atoms with van der Waals surface area (Å²) in [5.41, 5.74) is 3.72. The first kappa shape index (κ1) is 19.7. The van der Waals surface area contributed by atoms with Crippen LogP contribution >= 0.6 is 0 Å². The van der Waals surface area contributed by atoms with Gasteiger partial charge in [-0.25, -0.2) is 13.1 Å². The summed E-state index contributed by atoms with van der Waals surface area (Å²) >= 11 is 0. The molecule has 144 valence electrons. The third-order valence-corrected chi connectivity index (χ3v) is 6.83. The highest BCUT2D eigenvalue weighted by Crippen LogP contribution is 2.29. The quantitative estimate of drug-likeness (QED) is 0.772. The fraction of sp³-hybridized carbons (Fsp3) is 0.381. The van der Waals surface area contributed by atoms with E-state index in [2.05, 4.69) is 4.72 Å². The summed E-state index contributed by atoms with van der Waals surface area (Å²) in [7, 11) is -3.35. The van der Waals surface area contributed by atoms with Crippen molar-refractivity contribution >= 4 is 15.8 Å². The molecule has 0 unspecified atom stereocenters. The highest BCUT2D eigenvalue weighted by Gasteiger charge is 2.33. The van der Waals surface area contributed by atoms with E-state index in [1.54, 1.807) is 20.8 Å². The molecule has 0 radical (unpaired) electrons. The van der Waals surface area contributed by atoms with Crippen LogP contribution in [0.2, 0.25) is 0 Å². The number of nitrogens with one attached hydrogen (secondary N) is 1. The van der Waals surface area contributed by atoms with Crippen LogP contribution < -0.4 is 4.72 Å². The number of ketones is 1. The molecule has 27 heavy (non-hydrogen) atoms. The number of hydrogen-bond donors (Lipinski definition) is 1. The number of carbonyl (C=O) groups is 1. The second-order valence-corrected chi connectivity index (χ2v) is 9.49. The van der Waals surface area contributed by atoms with Crippen LogP contribution in [-0.2, 0) is 14.8 Å². The zero-order valence-corrected chi connectivity index (χ0v) is 16.6. The maximum Gasteiger partial charge on any atom is 0.214 e. The molecule has 0 aromatic heterocycles. The summed E-state index contributed by atoms with van der Waals surface area (Å²) in [6, 6.07) is 15.3. The van der Waals surface area contributed by atoms with Crippen LogP contribution in [0.25, 0.3) is 11.1 Å². The van der Waals surface area contributed by atoms with E-state index in [0.717, 1.165) is 16.7 Å². The maximum atomic E-state index is 12.2. The van der Waals surface area contributed by atoms with Crippen LogP contribution in [0.5, 0.6) is 0 Å². The average molecular weight is 388 g/mol. The van der Waals surface area contributed by atoms with Crippen LogP contribution in [-0.4, -0.2) is 38.7 Å². The Labute approximate surface area is 160 Å². The topological polar surface area (TPSA) is 72.5 Å². The van der Waals surface area contributed by atoms with Gasteiger partial charge in [-0.2, -0.15) is 0 Å². The van der Waals surface area contributed by atoms with Gasteiger partial charge in [0.25, 0.3) is 0 Å². The molecule has 2 aromatic carbocycles. The van der Waals surface area contributed by atoms with E-state index in [9.17, 15) is 13.2 Å². The molecule has 1 N–H and O–H groups in total. The lowest BCUT2D eigenvalue weighted by atomic mass is 9.93.